The summed E-state index contributed by atoms with van der Waals surface area (Å²) < 4.78 is 25.2. The first kappa shape index (κ1) is 24.4. The molecule has 0 aliphatic heterocycles. The van der Waals surface area contributed by atoms with Crippen molar-refractivity contribution in [1.29, 1.82) is 0 Å². The topological polar surface area (TPSA) is 84.3 Å². The third-order valence-electron chi connectivity index (χ3n) is 5.89. The van der Waals surface area contributed by atoms with E-state index in [-0.39, 0.29) is 23.4 Å². The second-order valence-corrected chi connectivity index (χ2v) is 10.5. The number of para-hydroxylation sites is 1. The summed E-state index contributed by atoms with van der Waals surface area (Å²) in [4.78, 5) is 15.2. The Morgan fingerprint density at radius 1 is 0.971 bits per heavy atom. The maximum Gasteiger partial charge on any atom is 0.239 e. The Balaban J connectivity index is 1.51. The fourth-order valence-corrected chi connectivity index (χ4v) is 4.41. The lowest BCUT2D eigenvalue weighted by Crippen LogP contribution is -2.32. The molecule has 1 heterocycles. The van der Waals surface area contributed by atoms with Crippen molar-refractivity contribution in [3.8, 4) is 16.9 Å². The summed E-state index contributed by atoms with van der Waals surface area (Å²) in [6.07, 6.45) is 1.19. The van der Waals surface area contributed by atoms with Crippen LogP contribution in [0.1, 0.15) is 18.5 Å². The second-order valence-electron chi connectivity index (χ2n) is 8.51. The highest BCUT2D eigenvalue weighted by atomic mass is 32.2. The number of sulfone groups is 1. The molecule has 8 heteroatoms. The first-order valence-corrected chi connectivity index (χ1v) is 13.1. The Morgan fingerprint density at radius 2 is 1.57 bits per heavy atom. The van der Waals surface area contributed by atoms with Gasteiger partial charge in [0, 0.05) is 23.9 Å². The Bertz CT molecular complexity index is 1400. The van der Waals surface area contributed by atoms with E-state index in [4.69, 9.17) is 5.10 Å². The first-order valence-electron chi connectivity index (χ1n) is 11.2. The number of anilines is 1. The zero-order chi connectivity index (χ0) is 25.0. The molecule has 1 aromatic heterocycles. The lowest BCUT2D eigenvalue weighted by Gasteiger charge is -2.24. The van der Waals surface area contributed by atoms with Gasteiger partial charge >= 0.3 is 0 Å². The van der Waals surface area contributed by atoms with Gasteiger partial charge in [0.15, 0.2) is 9.84 Å². The van der Waals surface area contributed by atoms with Gasteiger partial charge in [-0.15, -0.1) is 0 Å². The van der Waals surface area contributed by atoms with Crippen molar-refractivity contribution in [3.05, 3.63) is 96.6 Å². The number of likely N-dealkylation sites (N-methyl/N-ethyl adjacent to an activating group) is 1. The molecular weight excluding hydrogens is 460 g/mol. The molecule has 1 amide bonds. The van der Waals surface area contributed by atoms with Crippen LogP contribution in [0.4, 0.5) is 5.82 Å². The zero-order valence-corrected chi connectivity index (χ0v) is 20.7. The average molecular weight is 489 g/mol. The van der Waals surface area contributed by atoms with Crippen LogP contribution >= 0.6 is 0 Å². The van der Waals surface area contributed by atoms with Crippen molar-refractivity contribution in [3.63, 3.8) is 0 Å². The molecule has 1 N–H and O–H groups in total. The molecule has 1 unspecified atom stereocenters. The number of carbonyl (C=O) groups is 1. The van der Waals surface area contributed by atoms with Crippen molar-refractivity contribution in [2.75, 3.05) is 25.2 Å². The molecule has 0 aliphatic carbocycles. The quantitative estimate of drug-likeness (QED) is 0.393. The van der Waals surface area contributed by atoms with Crippen molar-refractivity contribution in [2.45, 2.75) is 17.9 Å². The SMILES string of the molecule is CC(c1ccc(S(C)(=O)=O)cc1)N(C)CC(=O)Nc1cc(-c2ccccc2)nn1-c1ccccc1. The van der Waals surface area contributed by atoms with Gasteiger partial charge in [-0.1, -0.05) is 60.7 Å². The highest BCUT2D eigenvalue weighted by Crippen LogP contribution is 2.25. The minimum absolute atomic E-state index is 0.0896. The van der Waals surface area contributed by atoms with E-state index in [1.807, 2.05) is 85.6 Å². The molecule has 0 bridgehead atoms. The minimum atomic E-state index is -3.25. The lowest BCUT2D eigenvalue weighted by atomic mass is 10.1. The predicted octanol–water partition coefficient (Wildman–Crippen LogP) is 4.57. The summed E-state index contributed by atoms with van der Waals surface area (Å²) in [6, 6.07) is 28.0. The highest BCUT2D eigenvalue weighted by Gasteiger charge is 2.18. The van der Waals surface area contributed by atoms with Crippen molar-refractivity contribution >= 4 is 21.6 Å². The Hall–Kier alpha value is -3.75. The van der Waals surface area contributed by atoms with Gasteiger partial charge < -0.3 is 5.32 Å². The van der Waals surface area contributed by atoms with Gasteiger partial charge in [-0.2, -0.15) is 5.10 Å². The fraction of sp³-hybridized carbons (Fsp3) is 0.185. The molecule has 0 aliphatic rings. The van der Waals surface area contributed by atoms with Crippen LogP contribution in [-0.2, 0) is 14.6 Å². The van der Waals surface area contributed by atoms with Crippen LogP contribution < -0.4 is 5.32 Å². The van der Waals surface area contributed by atoms with Crippen molar-refractivity contribution in [2.24, 2.45) is 0 Å². The molecule has 4 aromatic rings. The van der Waals surface area contributed by atoms with Gasteiger partial charge in [0.25, 0.3) is 0 Å². The monoisotopic (exact) mass is 488 g/mol. The van der Waals surface area contributed by atoms with E-state index in [2.05, 4.69) is 5.32 Å². The number of benzene rings is 3. The van der Waals surface area contributed by atoms with Gasteiger partial charge in [-0.25, -0.2) is 13.1 Å². The number of nitrogens with one attached hydrogen (secondary N) is 1. The number of hydrogen-bond acceptors (Lipinski definition) is 5. The van der Waals surface area contributed by atoms with E-state index in [1.54, 1.807) is 28.9 Å². The molecule has 0 fully saturated rings. The van der Waals surface area contributed by atoms with Gasteiger partial charge in [-0.3, -0.25) is 9.69 Å². The molecule has 3 aromatic carbocycles. The Kier molecular flexibility index (Phi) is 7.14. The minimum Gasteiger partial charge on any atom is -0.309 e. The maximum atomic E-state index is 13.0. The van der Waals surface area contributed by atoms with Crippen LogP contribution in [-0.4, -0.2) is 48.9 Å². The average Bonchev–Trinajstić information content (AvgIpc) is 3.27. The molecule has 180 valence electrons. The normalized spacial score (nSPS) is 12.5. The van der Waals surface area contributed by atoms with Crippen LogP contribution in [0.15, 0.2) is 95.9 Å². The van der Waals surface area contributed by atoms with E-state index < -0.39 is 9.84 Å². The van der Waals surface area contributed by atoms with Gasteiger partial charge in [0.1, 0.15) is 5.82 Å². The molecule has 7 nitrogen and oxygen atoms in total. The van der Waals surface area contributed by atoms with Crippen molar-refractivity contribution in [1.82, 2.24) is 14.7 Å². The van der Waals surface area contributed by atoms with Crippen LogP contribution in [0.2, 0.25) is 0 Å². The molecule has 0 saturated carbocycles. The van der Waals surface area contributed by atoms with Crippen LogP contribution in [0.5, 0.6) is 0 Å². The second kappa shape index (κ2) is 10.2. The molecule has 0 saturated heterocycles. The predicted molar refractivity (Wildman–Crippen MR) is 138 cm³/mol. The van der Waals surface area contributed by atoms with E-state index in [1.165, 1.54) is 6.26 Å². The summed E-state index contributed by atoms with van der Waals surface area (Å²) in [7, 11) is -1.39. The van der Waals surface area contributed by atoms with Gasteiger partial charge in [-0.05, 0) is 43.8 Å². The molecule has 0 spiro atoms. The number of carbonyl (C=O) groups excluding carboxylic acids is 1. The first-order chi connectivity index (χ1) is 16.7. The molecule has 0 radical (unpaired) electrons. The number of nitrogens with zero attached hydrogens (tertiary/aromatic N) is 3. The van der Waals surface area contributed by atoms with Crippen LogP contribution in [0, 0.1) is 0 Å². The molecule has 35 heavy (non-hydrogen) atoms. The summed E-state index contributed by atoms with van der Waals surface area (Å²) >= 11 is 0. The van der Waals surface area contributed by atoms with Crippen LogP contribution in [0.25, 0.3) is 16.9 Å². The van der Waals surface area contributed by atoms with E-state index in [0.717, 1.165) is 22.5 Å². The molecule has 1 atom stereocenters. The largest absolute Gasteiger partial charge is 0.309 e. The maximum absolute atomic E-state index is 13.0. The van der Waals surface area contributed by atoms with E-state index >= 15 is 0 Å². The number of hydrogen-bond donors (Lipinski definition) is 1. The third kappa shape index (κ3) is 5.85. The zero-order valence-electron chi connectivity index (χ0n) is 19.9. The van der Waals surface area contributed by atoms with Crippen molar-refractivity contribution < 1.29 is 13.2 Å². The van der Waals surface area contributed by atoms with E-state index in [9.17, 15) is 13.2 Å². The Labute approximate surface area is 205 Å². The summed E-state index contributed by atoms with van der Waals surface area (Å²) in [5.41, 5.74) is 3.49. The highest BCUT2D eigenvalue weighted by molar-refractivity contribution is 7.90. The smallest absolute Gasteiger partial charge is 0.239 e. The number of amides is 1. The van der Waals surface area contributed by atoms with Crippen LogP contribution in [0.3, 0.4) is 0 Å². The van der Waals surface area contributed by atoms with E-state index in [0.29, 0.717) is 5.82 Å². The number of rotatable bonds is 8. The molecular formula is C27H28N4O3S. The number of aromatic nitrogens is 2. The molecule has 4 rings (SSSR count). The third-order valence-corrected chi connectivity index (χ3v) is 7.02. The van der Waals surface area contributed by atoms with Gasteiger partial charge in [0.05, 0.1) is 22.8 Å². The summed E-state index contributed by atoms with van der Waals surface area (Å²) in [6.45, 7) is 2.13. The fourth-order valence-electron chi connectivity index (χ4n) is 3.78. The summed E-state index contributed by atoms with van der Waals surface area (Å²) in [5, 5.41) is 7.74. The van der Waals surface area contributed by atoms with Gasteiger partial charge in [0.2, 0.25) is 5.91 Å². The Morgan fingerprint density at radius 3 is 2.17 bits per heavy atom. The standard InChI is InChI=1S/C27H28N4O3S/c1-20(21-14-16-24(17-15-21)35(3,33)34)30(2)19-27(32)28-26-18-25(22-10-6-4-7-11-22)29-31(26)23-12-8-5-9-13-23/h4-18,20H,19H2,1-3H3,(H,28,32). The summed E-state index contributed by atoms with van der Waals surface area (Å²) in [5.74, 6) is 0.405. The lowest BCUT2D eigenvalue weighted by molar-refractivity contribution is -0.117.